The summed E-state index contributed by atoms with van der Waals surface area (Å²) in [5, 5.41) is 11.4. The maximum Gasteiger partial charge on any atom is 0.285 e. The van der Waals surface area contributed by atoms with Crippen molar-refractivity contribution in [2.45, 2.75) is 0 Å². The number of nitro benzene ring substituents is 1. The van der Waals surface area contributed by atoms with Gasteiger partial charge in [-0.15, -0.1) is 0 Å². The van der Waals surface area contributed by atoms with Gasteiger partial charge in [-0.1, -0.05) is 0 Å². The minimum atomic E-state index is -0.425. The second kappa shape index (κ2) is 3.56. The summed E-state index contributed by atoms with van der Waals surface area (Å²) in [5.41, 5.74) is 0.0459. The molecule has 14 heavy (non-hydrogen) atoms. The summed E-state index contributed by atoms with van der Waals surface area (Å²) in [6.07, 6.45) is 1.61. The Morgan fingerprint density at radius 1 is 1.50 bits per heavy atom. The molecule has 0 aliphatic rings. The van der Waals surface area contributed by atoms with Gasteiger partial charge < -0.3 is 0 Å². The van der Waals surface area contributed by atoms with Gasteiger partial charge in [-0.3, -0.25) is 10.1 Å². The zero-order valence-corrected chi connectivity index (χ0v) is 10.5. The van der Waals surface area contributed by atoms with Crippen molar-refractivity contribution in [1.29, 1.82) is 0 Å². The van der Waals surface area contributed by atoms with Gasteiger partial charge in [0.1, 0.15) is 4.47 Å². The van der Waals surface area contributed by atoms with E-state index < -0.39 is 4.92 Å². The van der Waals surface area contributed by atoms with Gasteiger partial charge in [0.05, 0.1) is 9.62 Å². The van der Waals surface area contributed by atoms with Crippen LogP contribution in [0.4, 0.5) is 5.69 Å². The molecule has 0 saturated heterocycles. The lowest BCUT2D eigenvalue weighted by Gasteiger charge is -1.98. The quantitative estimate of drug-likeness (QED) is 0.588. The maximum atomic E-state index is 10.7. The number of benzene rings is 1. The average molecular weight is 338 g/mol. The highest BCUT2D eigenvalue weighted by atomic mass is 79.9. The Morgan fingerprint density at radius 2 is 2.21 bits per heavy atom. The van der Waals surface area contributed by atoms with Gasteiger partial charge in [0.2, 0.25) is 0 Å². The van der Waals surface area contributed by atoms with E-state index in [9.17, 15) is 10.1 Å². The number of halogens is 2. The summed E-state index contributed by atoms with van der Waals surface area (Å²) >= 11 is 7.77. The van der Waals surface area contributed by atoms with Crippen molar-refractivity contribution in [3.63, 3.8) is 0 Å². The molecule has 0 N–H and O–H groups in total. The number of fused-ring (bicyclic) bond motifs is 1. The minimum Gasteiger partial charge on any atom is -0.258 e. The van der Waals surface area contributed by atoms with Crippen molar-refractivity contribution in [3.05, 3.63) is 31.3 Å². The molecule has 1 heterocycles. The van der Waals surface area contributed by atoms with Crippen LogP contribution in [0.15, 0.2) is 21.2 Å². The Hall–Kier alpha value is -0.530. The first-order valence-electron chi connectivity index (χ1n) is 3.48. The third kappa shape index (κ3) is 1.45. The van der Waals surface area contributed by atoms with E-state index in [4.69, 9.17) is 0 Å². The van der Waals surface area contributed by atoms with Crippen LogP contribution in [0.2, 0.25) is 0 Å². The molecule has 1 aromatic carbocycles. The Balaban J connectivity index is 2.88. The molecule has 0 unspecified atom stereocenters. The average Bonchev–Trinajstić information content (AvgIpc) is 2.59. The van der Waals surface area contributed by atoms with Crippen LogP contribution in [0.5, 0.6) is 0 Å². The van der Waals surface area contributed by atoms with Gasteiger partial charge >= 0.3 is 0 Å². The van der Waals surface area contributed by atoms with E-state index in [-0.39, 0.29) is 5.69 Å². The molecule has 0 bridgehead atoms. The van der Waals surface area contributed by atoms with E-state index in [1.165, 1.54) is 17.6 Å². The Morgan fingerprint density at radius 3 is 2.86 bits per heavy atom. The van der Waals surface area contributed by atoms with Crippen LogP contribution < -0.4 is 0 Å². The molecule has 0 radical (unpaired) electrons. The first-order valence-corrected chi connectivity index (χ1v) is 5.84. The summed E-state index contributed by atoms with van der Waals surface area (Å²) in [4.78, 5) is 10.3. The number of nitro groups is 1. The molecule has 2 aromatic rings. The van der Waals surface area contributed by atoms with Gasteiger partial charge in [0, 0.05) is 22.1 Å². The Bertz CT molecular complexity index is 526. The first-order chi connectivity index (χ1) is 6.61. The van der Waals surface area contributed by atoms with Crippen LogP contribution in [-0.2, 0) is 0 Å². The SMILES string of the molecule is O=[N+]([O-])c1cc(Br)c2sncc2c1Br. The Labute approximate surface area is 99.5 Å². The summed E-state index contributed by atoms with van der Waals surface area (Å²) in [5.74, 6) is 0. The molecule has 0 atom stereocenters. The largest absolute Gasteiger partial charge is 0.285 e. The number of aromatic nitrogens is 1. The first kappa shape index (κ1) is 10.0. The number of nitrogens with zero attached hydrogens (tertiary/aromatic N) is 2. The lowest BCUT2D eigenvalue weighted by Crippen LogP contribution is -1.89. The van der Waals surface area contributed by atoms with E-state index in [2.05, 4.69) is 36.2 Å². The van der Waals surface area contributed by atoms with Gasteiger partial charge in [0.15, 0.2) is 0 Å². The second-order valence-corrected chi connectivity index (χ2v) is 4.97. The van der Waals surface area contributed by atoms with Gasteiger partial charge in [0.25, 0.3) is 5.69 Å². The molecule has 0 aliphatic carbocycles. The van der Waals surface area contributed by atoms with Crippen molar-refractivity contribution < 1.29 is 4.92 Å². The van der Waals surface area contributed by atoms with E-state index in [1.54, 1.807) is 6.20 Å². The number of rotatable bonds is 1. The van der Waals surface area contributed by atoms with Gasteiger partial charge in [-0.05, 0) is 43.4 Å². The number of hydrogen-bond acceptors (Lipinski definition) is 4. The van der Waals surface area contributed by atoms with Crippen LogP contribution in [0.25, 0.3) is 10.1 Å². The van der Waals surface area contributed by atoms with E-state index >= 15 is 0 Å². The van der Waals surface area contributed by atoms with E-state index in [1.807, 2.05) is 0 Å². The van der Waals surface area contributed by atoms with Crippen molar-refractivity contribution >= 4 is 59.2 Å². The number of hydrogen-bond donors (Lipinski definition) is 0. The molecule has 2 rings (SSSR count). The molecule has 0 saturated carbocycles. The van der Waals surface area contributed by atoms with Crippen molar-refractivity contribution in [2.75, 3.05) is 0 Å². The van der Waals surface area contributed by atoms with Crippen molar-refractivity contribution in [1.82, 2.24) is 4.37 Å². The fourth-order valence-corrected chi connectivity index (χ4v) is 3.09. The highest BCUT2D eigenvalue weighted by molar-refractivity contribution is 9.11. The topological polar surface area (TPSA) is 56.0 Å². The van der Waals surface area contributed by atoms with Gasteiger partial charge in [-0.25, -0.2) is 0 Å². The highest BCUT2D eigenvalue weighted by Gasteiger charge is 2.18. The third-order valence-corrected chi connectivity index (χ3v) is 4.26. The molecule has 0 spiro atoms. The predicted molar refractivity (Wildman–Crippen MR) is 61.7 cm³/mol. The molecule has 0 amide bonds. The highest BCUT2D eigenvalue weighted by Crippen LogP contribution is 2.39. The lowest BCUT2D eigenvalue weighted by molar-refractivity contribution is -0.385. The van der Waals surface area contributed by atoms with Crippen LogP contribution >= 0.6 is 43.4 Å². The second-order valence-electron chi connectivity index (χ2n) is 2.52. The zero-order chi connectivity index (χ0) is 10.3. The maximum absolute atomic E-state index is 10.7. The standard InChI is InChI=1S/C7H2Br2N2O2S/c8-4-1-5(11(12)13)6(9)3-2-10-14-7(3)4/h1-2H. The van der Waals surface area contributed by atoms with Crippen molar-refractivity contribution in [2.24, 2.45) is 0 Å². The van der Waals surface area contributed by atoms with Crippen molar-refractivity contribution in [3.8, 4) is 0 Å². The molecule has 72 valence electrons. The molecule has 4 nitrogen and oxygen atoms in total. The molecule has 1 aromatic heterocycles. The summed E-state index contributed by atoms with van der Waals surface area (Å²) in [7, 11) is 0. The van der Waals surface area contributed by atoms with E-state index in [0.717, 1.165) is 10.1 Å². The predicted octanol–water partition coefficient (Wildman–Crippen LogP) is 3.73. The normalized spacial score (nSPS) is 10.7. The molecule has 0 aliphatic heterocycles. The van der Waals surface area contributed by atoms with Crippen LogP contribution in [-0.4, -0.2) is 9.30 Å². The summed E-state index contributed by atoms with van der Waals surface area (Å²) in [6.45, 7) is 0. The van der Waals surface area contributed by atoms with E-state index in [0.29, 0.717) is 8.95 Å². The van der Waals surface area contributed by atoms with Gasteiger partial charge in [-0.2, -0.15) is 4.37 Å². The minimum absolute atomic E-state index is 0.0459. The Kier molecular flexibility index (Phi) is 2.54. The zero-order valence-electron chi connectivity index (χ0n) is 6.53. The third-order valence-electron chi connectivity index (χ3n) is 1.71. The molecule has 7 heteroatoms. The lowest BCUT2D eigenvalue weighted by atomic mass is 10.2. The molecular weight excluding hydrogens is 336 g/mol. The fourth-order valence-electron chi connectivity index (χ4n) is 1.09. The van der Waals surface area contributed by atoms with Crippen LogP contribution in [0.3, 0.4) is 0 Å². The fraction of sp³-hybridized carbons (Fsp3) is 0. The molecule has 0 fully saturated rings. The summed E-state index contributed by atoms with van der Waals surface area (Å²) < 4.78 is 6.07. The monoisotopic (exact) mass is 336 g/mol. The molecular formula is C7H2Br2N2O2S. The summed E-state index contributed by atoms with van der Waals surface area (Å²) in [6, 6.07) is 1.48. The smallest absolute Gasteiger partial charge is 0.258 e. The van der Waals surface area contributed by atoms with Crippen LogP contribution in [0.1, 0.15) is 0 Å². The van der Waals surface area contributed by atoms with Crippen LogP contribution in [0, 0.1) is 10.1 Å².